The van der Waals surface area contributed by atoms with Crippen molar-refractivity contribution in [1.82, 2.24) is 10.2 Å². The summed E-state index contributed by atoms with van der Waals surface area (Å²) in [6.07, 6.45) is 1.35. The fraction of sp³-hybridized carbons (Fsp3) is 0.417. The van der Waals surface area contributed by atoms with Crippen molar-refractivity contribution in [2.75, 3.05) is 37.9 Å². The highest BCUT2D eigenvalue weighted by Gasteiger charge is 2.32. The highest BCUT2D eigenvalue weighted by atomic mass is 35.5. The average Bonchev–Trinajstić information content (AvgIpc) is 2.82. The van der Waals surface area contributed by atoms with Crippen LogP contribution in [0.5, 0.6) is 11.5 Å². The molecule has 0 unspecified atom stereocenters. The molecule has 2 rings (SSSR count). The Morgan fingerprint density at radius 3 is 2.23 bits per heavy atom. The number of anilines is 1. The molecule has 0 aliphatic carbocycles. The number of carbonyl (C=O) groups excluding carboxylic acids is 2. The minimum atomic E-state index is -3.89. The molecule has 0 saturated carbocycles. The van der Waals surface area contributed by atoms with Gasteiger partial charge < -0.3 is 19.7 Å². The van der Waals surface area contributed by atoms with E-state index in [1.807, 2.05) is 0 Å². The lowest BCUT2D eigenvalue weighted by Gasteiger charge is -2.33. The van der Waals surface area contributed by atoms with Crippen LogP contribution in [0.3, 0.4) is 0 Å². The van der Waals surface area contributed by atoms with E-state index in [1.54, 1.807) is 44.2 Å². The molecule has 0 aromatic heterocycles. The molecule has 0 saturated heterocycles. The van der Waals surface area contributed by atoms with E-state index in [4.69, 9.17) is 21.1 Å². The maximum Gasteiger partial charge on any atom is 0.244 e. The Kier molecular flexibility index (Phi) is 10.2. The third kappa shape index (κ3) is 7.50. The Hall–Kier alpha value is -2.98. The van der Waals surface area contributed by atoms with Gasteiger partial charge in [0.25, 0.3) is 0 Å². The molecule has 1 atom stereocenters. The van der Waals surface area contributed by atoms with Gasteiger partial charge in [-0.05, 0) is 43.2 Å². The number of ether oxygens (including phenoxy) is 2. The summed E-state index contributed by atoms with van der Waals surface area (Å²) >= 11 is 5.99. The Bertz CT molecular complexity index is 1120. The Balaban J connectivity index is 2.49. The molecule has 0 fully saturated rings. The van der Waals surface area contributed by atoms with E-state index in [2.05, 4.69) is 5.32 Å². The number of sulfonamides is 1. The molecule has 2 amide bonds. The topological polar surface area (TPSA) is 105 Å². The van der Waals surface area contributed by atoms with E-state index in [9.17, 15) is 18.0 Å². The second-order valence-electron chi connectivity index (χ2n) is 7.77. The number of rotatable bonds is 12. The van der Waals surface area contributed by atoms with Crippen LogP contribution in [0.2, 0.25) is 5.02 Å². The van der Waals surface area contributed by atoms with E-state index >= 15 is 0 Å². The van der Waals surface area contributed by atoms with Crippen LogP contribution in [-0.4, -0.2) is 64.7 Å². The number of methoxy groups -OCH3 is 2. The number of likely N-dealkylation sites (N-methyl/N-ethyl adjacent to an activating group) is 1. The lowest BCUT2D eigenvalue weighted by Crippen LogP contribution is -2.52. The Morgan fingerprint density at radius 2 is 1.71 bits per heavy atom. The molecule has 0 bridgehead atoms. The molecule has 0 aliphatic heterocycles. The number of benzene rings is 2. The molecule has 0 aliphatic rings. The summed E-state index contributed by atoms with van der Waals surface area (Å²) in [5.74, 6) is -0.161. The van der Waals surface area contributed by atoms with Crippen LogP contribution >= 0.6 is 11.6 Å². The molecule has 1 N–H and O–H groups in total. The molecule has 0 heterocycles. The van der Waals surface area contributed by atoms with Crippen LogP contribution in [0.4, 0.5) is 5.69 Å². The molecule has 9 nitrogen and oxygen atoms in total. The standard InChI is InChI=1S/C24H32ClN3O6S/c1-6-20(24(30)26-7-2)27(15-17-8-10-18(25)11-9-17)23(29)16-28(35(5,31)32)21-13-12-19(33-3)14-22(21)34-4/h8-14,20H,6-7,15-16H2,1-5H3,(H,26,30)/t20-/m1/s1. The van der Waals surface area contributed by atoms with Gasteiger partial charge in [0.2, 0.25) is 21.8 Å². The van der Waals surface area contributed by atoms with Gasteiger partial charge in [-0.1, -0.05) is 30.7 Å². The van der Waals surface area contributed by atoms with Gasteiger partial charge in [-0.15, -0.1) is 0 Å². The van der Waals surface area contributed by atoms with Crippen molar-refractivity contribution < 1.29 is 27.5 Å². The molecular weight excluding hydrogens is 494 g/mol. The van der Waals surface area contributed by atoms with E-state index in [0.29, 0.717) is 23.7 Å². The zero-order chi connectivity index (χ0) is 26.2. The van der Waals surface area contributed by atoms with E-state index in [-0.39, 0.29) is 23.9 Å². The predicted molar refractivity (Wildman–Crippen MR) is 137 cm³/mol. The van der Waals surface area contributed by atoms with Crippen LogP contribution < -0.4 is 19.1 Å². The highest BCUT2D eigenvalue weighted by Crippen LogP contribution is 2.33. The van der Waals surface area contributed by atoms with Gasteiger partial charge in [0.15, 0.2) is 0 Å². The minimum absolute atomic E-state index is 0.100. The first-order valence-corrected chi connectivity index (χ1v) is 13.3. The molecule has 2 aromatic rings. The van der Waals surface area contributed by atoms with Gasteiger partial charge in [-0.2, -0.15) is 0 Å². The van der Waals surface area contributed by atoms with E-state index in [0.717, 1.165) is 16.1 Å². The summed E-state index contributed by atoms with van der Waals surface area (Å²) in [5.41, 5.74) is 0.931. The molecular formula is C24H32ClN3O6S. The summed E-state index contributed by atoms with van der Waals surface area (Å²) < 4.78 is 37.0. The molecule has 192 valence electrons. The van der Waals surface area contributed by atoms with Crippen LogP contribution in [0.25, 0.3) is 0 Å². The summed E-state index contributed by atoms with van der Waals surface area (Å²) in [7, 11) is -1.02. The van der Waals surface area contributed by atoms with Gasteiger partial charge in [-0.3, -0.25) is 13.9 Å². The maximum atomic E-state index is 13.6. The fourth-order valence-electron chi connectivity index (χ4n) is 3.58. The van der Waals surface area contributed by atoms with Gasteiger partial charge >= 0.3 is 0 Å². The van der Waals surface area contributed by atoms with Crippen LogP contribution in [0, 0.1) is 0 Å². The lowest BCUT2D eigenvalue weighted by molar-refractivity contribution is -0.140. The predicted octanol–water partition coefficient (Wildman–Crippen LogP) is 3.07. The van der Waals surface area contributed by atoms with Crippen molar-refractivity contribution in [1.29, 1.82) is 0 Å². The summed E-state index contributed by atoms with van der Waals surface area (Å²) in [4.78, 5) is 27.8. The second kappa shape index (κ2) is 12.6. The number of carbonyl (C=O) groups is 2. The maximum absolute atomic E-state index is 13.6. The van der Waals surface area contributed by atoms with E-state index < -0.39 is 28.5 Å². The van der Waals surface area contributed by atoms with Crippen LogP contribution in [0.1, 0.15) is 25.8 Å². The number of hydrogen-bond donors (Lipinski definition) is 1. The first kappa shape index (κ1) is 28.3. The molecule has 11 heteroatoms. The highest BCUT2D eigenvalue weighted by molar-refractivity contribution is 7.92. The van der Waals surface area contributed by atoms with Crippen molar-refractivity contribution >= 4 is 39.1 Å². The zero-order valence-electron chi connectivity index (χ0n) is 20.6. The number of halogens is 1. The van der Waals surface area contributed by atoms with Gasteiger partial charge in [0.05, 0.1) is 26.2 Å². The molecule has 0 spiro atoms. The van der Waals surface area contributed by atoms with Crippen LogP contribution in [0.15, 0.2) is 42.5 Å². The SMILES string of the molecule is CCNC(=O)[C@@H](CC)N(Cc1ccc(Cl)cc1)C(=O)CN(c1ccc(OC)cc1OC)S(C)(=O)=O. The van der Waals surface area contributed by atoms with Crippen molar-refractivity contribution in [3.8, 4) is 11.5 Å². The molecule has 2 aromatic carbocycles. The Labute approximate surface area is 212 Å². The fourth-order valence-corrected chi connectivity index (χ4v) is 4.56. The molecule has 35 heavy (non-hydrogen) atoms. The average molecular weight is 526 g/mol. The first-order chi connectivity index (χ1) is 16.5. The van der Waals surface area contributed by atoms with Crippen molar-refractivity contribution in [2.24, 2.45) is 0 Å². The third-order valence-corrected chi connectivity index (χ3v) is 6.72. The van der Waals surface area contributed by atoms with E-state index in [1.165, 1.54) is 31.3 Å². The number of hydrogen-bond acceptors (Lipinski definition) is 6. The minimum Gasteiger partial charge on any atom is -0.497 e. The first-order valence-electron chi connectivity index (χ1n) is 11.1. The summed E-state index contributed by atoms with van der Waals surface area (Å²) in [5, 5.41) is 3.29. The van der Waals surface area contributed by atoms with Crippen LogP contribution in [-0.2, 0) is 26.2 Å². The molecule has 0 radical (unpaired) electrons. The third-order valence-electron chi connectivity index (χ3n) is 5.34. The van der Waals surface area contributed by atoms with Crippen molar-refractivity contribution in [2.45, 2.75) is 32.9 Å². The normalized spacial score (nSPS) is 11.9. The monoisotopic (exact) mass is 525 g/mol. The van der Waals surface area contributed by atoms with Gasteiger partial charge in [0.1, 0.15) is 24.1 Å². The van der Waals surface area contributed by atoms with Crippen molar-refractivity contribution in [3.63, 3.8) is 0 Å². The number of nitrogens with one attached hydrogen (secondary N) is 1. The Morgan fingerprint density at radius 1 is 1.06 bits per heavy atom. The van der Waals surface area contributed by atoms with Gasteiger partial charge in [-0.25, -0.2) is 8.42 Å². The summed E-state index contributed by atoms with van der Waals surface area (Å²) in [6, 6.07) is 10.7. The van der Waals surface area contributed by atoms with Gasteiger partial charge in [0, 0.05) is 24.2 Å². The second-order valence-corrected chi connectivity index (χ2v) is 10.1. The quantitative estimate of drug-likeness (QED) is 0.456. The largest absolute Gasteiger partial charge is 0.497 e. The lowest BCUT2D eigenvalue weighted by atomic mass is 10.1. The van der Waals surface area contributed by atoms with Crippen molar-refractivity contribution in [3.05, 3.63) is 53.1 Å². The number of nitrogens with zero attached hydrogens (tertiary/aromatic N) is 2. The smallest absolute Gasteiger partial charge is 0.244 e. The number of amides is 2. The summed E-state index contributed by atoms with van der Waals surface area (Å²) in [6.45, 7) is 3.56. The zero-order valence-corrected chi connectivity index (χ0v) is 22.1.